The van der Waals surface area contributed by atoms with Crippen LogP contribution in [0.3, 0.4) is 0 Å². The fraction of sp³-hybridized carbons (Fsp3) is 0.0500. The molecule has 0 bridgehead atoms. The van der Waals surface area contributed by atoms with Crippen LogP contribution in [0.5, 0.6) is 0 Å². The fourth-order valence-corrected chi connectivity index (χ4v) is 2.33. The topological polar surface area (TPSA) is 41.8 Å². The van der Waals surface area contributed by atoms with E-state index in [1.165, 1.54) is 0 Å². The van der Waals surface area contributed by atoms with Gasteiger partial charge in [0.2, 0.25) is 0 Å². The summed E-state index contributed by atoms with van der Waals surface area (Å²) in [5.74, 6) is -0.0364. The van der Waals surface area contributed by atoms with Crippen LogP contribution < -0.4 is 0 Å². The van der Waals surface area contributed by atoms with Gasteiger partial charge in [-0.25, -0.2) is 0 Å². The average molecular weight is 300 g/mol. The largest absolute Gasteiger partial charge is 0.289 e. The Kier molecular flexibility index (Phi) is 4.39. The Bertz CT molecular complexity index is 854. The van der Waals surface area contributed by atoms with Gasteiger partial charge in [0.15, 0.2) is 5.78 Å². The van der Waals surface area contributed by atoms with Crippen molar-refractivity contribution >= 4 is 17.2 Å². The van der Waals surface area contributed by atoms with E-state index in [4.69, 9.17) is 0 Å². The minimum atomic E-state index is -0.0364. The first kappa shape index (κ1) is 14.9. The zero-order chi connectivity index (χ0) is 16.1. The summed E-state index contributed by atoms with van der Waals surface area (Å²) in [6.45, 7) is 1.93. The van der Waals surface area contributed by atoms with Gasteiger partial charge in [-0.3, -0.25) is 4.79 Å². The Labute approximate surface area is 135 Å². The van der Waals surface area contributed by atoms with Crippen LogP contribution in [0.15, 0.2) is 89.1 Å². The van der Waals surface area contributed by atoms with Crippen LogP contribution in [0.1, 0.15) is 21.5 Å². The third-order valence-electron chi connectivity index (χ3n) is 3.57. The van der Waals surface area contributed by atoms with E-state index >= 15 is 0 Å². The van der Waals surface area contributed by atoms with Crippen molar-refractivity contribution in [1.82, 2.24) is 0 Å². The molecule has 0 amide bonds. The maximum absolute atomic E-state index is 12.8. The highest BCUT2D eigenvalue weighted by atomic mass is 16.1. The molecule has 0 unspecified atom stereocenters. The predicted molar refractivity (Wildman–Crippen MR) is 91.7 cm³/mol. The highest BCUT2D eigenvalue weighted by Crippen LogP contribution is 2.25. The Balaban J connectivity index is 1.97. The summed E-state index contributed by atoms with van der Waals surface area (Å²) in [6.07, 6.45) is 0. The van der Waals surface area contributed by atoms with E-state index in [1.807, 2.05) is 73.7 Å². The molecular weight excluding hydrogens is 284 g/mol. The van der Waals surface area contributed by atoms with Gasteiger partial charge in [0.1, 0.15) is 0 Å². The molecule has 3 nitrogen and oxygen atoms in total. The first-order chi connectivity index (χ1) is 11.3. The molecule has 3 heteroatoms. The van der Waals surface area contributed by atoms with Crippen LogP contribution in [0, 0.1) is 6.92 Å². The minimum Gasteiger partial charge on any atom is -0.289 e. The molecule has 0 N–H and O–H groups in total. The number of azo groups is 1. The number of carbonyl (C=O) groups is 1. The third kappa shape index (κ3) is 3.40. The lowest BCUT2D eigenvalue weighted by atomic mass is 9.98. The Morgan fingerprint density at radius 3 is 2.04 bits per heavy atom. The monoisotopic (exact) mass is 300 g/mol. The standard InChI is InChI=1S/C20H16N2O/c1-15-9-5-6-12-17(15)20(23)18-13-7-8-14-19(18)22-21-16-10-3-2-4-11-16/h2-14H,1H3. The van der Waals surface area contributed by atoms with E-state index in [1.54, 1.807) is 12.1 Å². The molecule has 0 atom stereocenters. The molecule has 112 valence electrons. The molecular formula is C20H16N2O. The lowest BCUT2D eigenvalue weighted by Crippen LogP contribution is -2.03. The van der Waals surface area contributed by atoms with Gasteiger partial charge in [-0.15, -0.1) is 5.11 Å². The zero-order valence-electron chi connectivity index (χ0n) is 12.8. The van der Waals surface area contributed by atoms with Crippen molar-refractivity contribution in [1.29, 1.82) is 0 Å². The normalized spacial score (nSPS) is 10.8. The maximum Gasteiger partial charge on any atom is 0.195 e. The summed E-state index contributed by atoms with van der Waals surface area (Å²) in [4.78, 5) is 12.8. The molecule has 0 aliphatic rings. The smallest absolute Gasteiger partial charge is 0.195 e. The number of aryl methyl sites for hydroxylation is 1. The molecule has 3 aromatic rings. The van der Waals surface area contributed by atoms with Crippen LogP contribution >= 0.6 is 0 Å². The molecule has 0 saturated heterocycles. The second kappa shape index (κ2) is 6.79. The Morgan fingerprint density at radius 1 is 0.696 bits per heavy atom. The number of hydrogen-bond acceptors (Lipinski definition) is 3. The molecule has 0 spiro atoms. The summed E-state index contributed by atoms with van der Waals surface area (Å²) in [7, 11) is 0. The van der Waals surface area contributed by atoms with Gasteiger partial charge < -0.3 is 0 Å². The number of rotatable bonds is 4. The summed E-state index contributed by atoms with van der Waals surface area (Å²) < 4.78 is 0. The van der Waals surface area contributed by atoms with E-state index in [0.29, 0.717) is 16.8 Å². The number of carbonyl (C=O) groups excluding carboxylic acids is 1. The molecule has 0 aliphatic carbocycles. The molecule has 3 aromatic carbocycles. The van der Waals surface area contributed by atoms with E-state index in [0.717, 1.165) is 11.3 Å². The van der Waals surface area contributed by atoms with Gasteiger partial charge in [0.05, 0.1) is 16.9 Å². The second-order valence-corrected chi connectivity index (χ2v) is 5.20. The molecule has 3 rings (SSSR count). The molecule has 0 saturated carbocycles. The van der Waals surface area contributed by atoms with Crippen molar-refractivity contribution in [3.63, 3.8) is 0 Å². The van der Waals surface area contributed by atoms with Crippen molar-refractivity contribution in [2.75, 3.05) is 0 Å². The quantitative estimate of drug-likeness (QED) is 0.454. The highest BCUT2D eigenvalue weighted by Gasteiger charge is 2.14. The third-order valence-corrected chi connectivity index (χ3v) is 3.57. The minimum absolute atomic E-state index is 0.0364. The Morgan fingerprint density at radius 2 is 1.30 bits per heavy atom. The van der Waals surface area contributed by atoms with Gasteiger partial charge in [-0.1, -0.05) is 54.6 Å². The van der Waals surface area contributed by atoms with Gasteiger partial charge in [-0.2, -0.15) is 5.11 Å². The van der Waals surface area contributed by atoms with Crippen LogP contribution in [-0.4, -0.2) is 5.78 Å². The van der Waals surface area contributed by atoms with Gasteiger partial charge >= 0.3 is 0 Å². The van der Waals surface area contributed by atoms with Gasteiger partial charge in [-0.05, 0) is 36.8 Å². The molecule has 23 heavy (non-hydrogen) atoms. The molecule has 0 radical (unpaired) electrons. The highest BCUT2D eigenvalue weighted by molar-refractivity contribution is 6.12. The summed E-state index contributed by atoms with van der Waals surface area (Å²) in [6, 6.07) is 24.3. The predicted octanol–water partition coefficient (Wildman–Crippen LogP) is 5.64. The van der Waals surface area contributed by atoms with Crippen molar-refractivity contribution in [3.05, 3.63) is 95.6 Å². The summed E-state index contributed by atoms with van der Waals surface area (Å²) >= 11 is 0. The maximum atomic E-state index is 12.8. The second-order valence-electron chi connectivity index (χ2n) is 5.20. The lowest BCUT2D eigenvalue weighted by Gasteiger charge is -2.06. The van der Waals surface area contributed by atoms with Crippen molar-refractivity contribution < 1.29 is 4.79 Å². The number of benzene rings is 3. The SMILES string of the molecule is Cc1ccccc1C(=O)c1ccccc1N=Nc1ccccc1. The molecule has 0 heterocycles. The van der Waals surface area contributed by atoms with Crippen molar-refractivity contribution in [3.8, 4) is 0 Å². The summed E-state index contributed by atoms with van der Waals surface area (Å²) in [5, 5.41) is 8.47. The zero-order valence-corrected chi connectivity index (χ0v) is 12.8. The van der Waals surface area contributed by atoms with Gasteiger partial charge in [0, 0.05) is 5.56 Å². The van der Waals surface area contributed by atoms with E-state index < -0.39 is 0 Å². The summed E-state index contributed by atoms with van der Waals surface area (Å²) in [5.41, 5.74) is 3.53. The number of ketones is 1. The van der Waals surface area contributed by atoms with Crippen LogP contribution in [-0.2, 0) is 0 Å². The van der Waals surface area contributed by atoms with E-state index in [2.05, 4.69) is 10.2 Å². The van der Waals surface area contributed by atoms with Gasteiger partial charge in [0.25, 0.3) is 0 Å². The number of hydrogen-bond donors (Lipinski definition) is 0. The van der Waals surface area contributed by atoms with Crippen LogP contribution in [0.2, 0.25) is 0 Å². The fourth-order valence-electron chi connectivity index (χ4n) is 2.33. The number of nitrogens with zero attached hydrogens (tertiary/aromatic N) is 2. The first-order valence-corrected chi connectivity index (χ1v) is 7.42. The van der Waals surface area contributed by atoms with E-state index in [9.17, 15) is 4.79 Å². The molecule has 0 aromatic heterocycles. The van der Waals surface area contributed by atoms with Crippen molar-refractivity contribution in [2.45, 2.75) is 6.92 Å². The first-order valence-electron chi connectivity index (χ1n) is 7.42. The van der Waals surface area contributed by atoms with Crippen LogP contribution in [0.4, 0.5) is 11.4 Å². The van der Waals surface area contributed by atoms with E-state index in [-0.39, 0.29) is 5.78 Å². The van der Waals surface area contributed by atoms with Crippen LogP contribution in [0.25, 0.3) is 0 Å². The molecule has 0 aliphatic heterocycles. The molecule has 0 fully saturated rings. The Hall–Kier alpha value is -3.07. The lowest BCUT2D eigenvalue weighted by molar-refractivity contribution is 0.103. The average Bonchev–Trinajstić information content (AvgIpc) is 2.61. The van der Waals surface area contributed by atoms with Crippen molar-refractivity contribution in [2.24, 2.45) is 10.2 Å².